The Morgan fingerprint density at radius 1 is 1.17 bits per heavy atom. The summed E-state index contributed by atoms with van der Waals surface area (Å²) >= 11 is 0. The number of hydrogen-bond donors (Lipinski definition) is 1. The second-order valence-corrected chi connectivity index (χ2v) is 5.21. The van der Waals surface area contributed by atoms with E-state index in [1.54, 1.807) is 0 Å². The van der Waals surface area contributed by atoms with Crippen LogP contribution in [0.3, 0.4) is 0 Å². The lowest BCUT2D eigenvalue weighted by Gasteiger charge is -2.34. The van der Waals surface area contributed by atoms with Gasteiger partial charge < -0.3 is 10.0 Å². The largest absolute Gasteiger partial charge is 0.480 e. The minimum Gasteiger partial charge on any atom is -0.480 e. The minimum absolute atomic E-state index is 0.170. The second-order valence-electron chi connectivity index (χ2n) is 5.21. The molecule has 0 fully saturated rings. The lowest BCUT2D eigenvalue weighted by atomic mass is 10.0. The molecule has 0 unspecified atom stereocenters. The van der Waals surface area contributed by atoms with E-state index in [-0.39, 0.29) is 18.9 Å². The molecule has 0 aliphatic heterocycles. The highest BCUT2D eigenvalue weighted by molar-refractivity contribution is 5.83. The van der Waals surface area contributed by atoms with E-state index in [4.69, 9.17) is 5.11 Å². The molecule has 0 bridgehead atoms. The second kappa shape index (κ2) is 5.67. The number of carbonyl (C=O) groups excluding carboxylic acids is 1. The first-order valence-electron chi connectivity index (χ1n) is 5.87. The first-order valence-corrected chi connectivity index (χ1v) is 5.87. The number of carboxylic acid groups (broad SMARTS) is 1. The SMILES string of the molecule is CC(C)(C)N(CC(=O)O)C(=O)Cc1ccccc1. The molecule has 1 aromatic rings. The molecule has 18 heavy (non-hydrogen) atoms. The molecular formula is C14H19NO3. The van der Waals surface area contributed by atoms with Crippen LogP contribution in [0.1, 0.15) is 26.3 Å². The number of aliphatic carboxylic acids is 1. The lowest BCUT2D eigenvalue weighted by Crippen LogP contribution is -2.48. The van der Waals surface area contributed by atoms with Gasteiger partial charge in [0.1, 0.15) is 6.54 Å². The zero-order valence-corrected chi connectivity index (χ0v) is 11.0. The van der Waals surface area contributed by atoms with Crippen LogP contribution in [0.15, 0.2) is 30.3 Å². The fraction of sp³-hybridized carbons (Fsp3) is 0.429. The predicted molar refractivity (Wildman–Crippen MR) is 69.2 cm³/mol. The molecule has 0 aliphatic carbocycles. The number of amides is 1. The molecular weight excluding hydrogens is 230 g/mol. The van der Waals surface area contributed by atoms with Crippen molar-refractivity contribution < 1.29 is 14.7 Å². The van der Waals surface area contributed by atoms with E-state index in [9.17, 15) is 9.59 Å². The molecule has 0 saturated heterocycles. The smallest absolute Gasteiger partial charge is 0.323 e. The Morgan fingerprint density at radius 2 is 1.72 bits per heavy atom. The van der Waals surface area contributed by atoms with Gasteiger partial charge in [0.25, 0.3) is 0 Å². The normalized spacial score (nSPS) is 11.1. The van der Waals surface area contributed by atoms with Gasteiger partial charge in [0, 0.05) is 5.54 Å². The van der Waals surface area contributed by atoms with Gasteiger partial charge in [0.15, 0.2) is 0 Å². The molecule has 98 valence electrons. The maximum atomic E-state index is 12.2. The topological polar surface area (TPSA) is 57.6 Å². The van der Waals surface area contributed by atoms with Crippen molar-refractivity contribution in [3.05, 3.63) is 35.9 Å². The molecule has 1 amide bonds. The molecule has 4 nitrogen and oxygen atoms in total. The zero-order valence-electron chi connectivity index (χ0n) is 11.0. The molecule has 0 saturated carbocycles. The van der Waals surface area contributed by atoms with Crippen molar-refractivity contribution in [1.82, 2.24) is 4.90 Å². The zero-order chi connectivity index (χ0) is 13.8. The number of nitrogens with zero attached hydrogens (tertiary/aromatic N) is 1. The quantitative estimate of drug-likeness (QED) is 0.887. The molecule has 0 aromatic heterocycles. The first kappa shape index (κ1) is 14.2. The standard InChI is InChI=1S/C14H19NO3/c1-14(2,3)15(10-13(17)18)12(16)9-11-7-5-4-6-8-11/h4-8H,9-10H2,1-3H3,(H,17,18). The van der Waals surface area contributed by atoms with E-state index < -0.39 is 11.5 Å². The molecule has 0 heterocycles. The molecule has 0 atom stereocenters. The summed E-state index contributed by atoms with van der Waals surface area (Å²) < 4.78 is 0. The van der Waals surface area contributed by atoms with Crippen LogP contribution in [0.4, 0.5) is 0 Å². The summed E-state index contributed by atoms with van der Waals surface area (Å²) in [5, 5.41) is 8.87. The van der Waals surface area contributed by atoms with Crippen molar-refractivity contribution in [3.8, 4) is 0 Å². The van der Waals surface area contributed by atoms with Crippen LogP contribution in [0.2, 0.25) is 0 Å². The third-order valence-electron chi connectivity index (χ3n) is 2.60. The summed E-state index contributed by atoms with van der Waals surface area (Å²) in [5.74, 6) is -1.16. The Labute approximate surface area is 107 Å². The average molecular weight is 249 g/mol. The van der Waals surface area contributed by atoms with Gasteiger partial charge in [0.05, 0.1) is 6.42 Å². The highest BCUT2D eigenvalue weighted by Crippen LogP contribution is 2.15. The van der Waals surface area contributed by atoms with Gasteiger partial charge in [-0.1, -0.05) is 30.3 Å². The van der Waals surface area contributed by atoms with Crippen LogP contribution in [0, 0.1) is 0 Å². The Hall–Kier alpha value is -1.84. The first-order chi connectivity index (χ1) is 8.30. The fourth-order valence-corrected chi connectivity index (χ4v) is 1.70. The van der Waals surface area contributed by atoms with Crippen molar-refractivity contribution in [2.75, 3.05) is 6.54 Å². The van der Waals surface area contributed by atoms with Gasteiger partial charge in [0.2, 0.25) is 5.91 Å². The Morgan fingerprint density at radius 3 is 2.17 bits per heavy atom. The lowest BCUT2D eigenvalue weighted by molar-refractivity contribution is -0.147. The third kappa shape index (κ3) is 4.20. The third-order valence-corrected chi connectivity index (χ3v) is 2.60. The maximum Gasteiger partial charge on any atom is 0.323 e. The molecule has 1 N–H and O–H groups in total. The monoisotopic (exact) mass is 249 g/mol. The number of benzene rings is 1. The van der Waals surface area contributed by atoms with Gasteiger partial charge in [-0.25, -0.2) is 0 Å². The maximum absolute atomic E-state index is 12.2. The van der Waals surface area contributed by atoms with Crippen LogP contribution >= 0.6 is 0 Å². The van der Waals surface area contributed by atoms with Crippen molar-refractivity contribution in [3.63, 3.8) is 0 Å². The Bertz CT molecular complexity index is 420. The van der Waals surface area contributed by atoms with E-state index >= 15 is 0 Å². The molecule has 1 aromatic carbocycles. The van der Waals surface area contributed by atoms with Gasteiger partial charge >= 0.3 is 5.97 Å². The Balaban J connectivity index is 2.80. The van der Waals surface area contributed by atoms with Crippen molar-refractivity contribution >= 4 is 11.9 Å². The summed E-state index contributed by atoms with van der Waals surface area (Å²) in [5.41, 5.74) is 0.395. The van der Waals surface area contributed by atoms with E-state index in [0.717, 1.165) is 5.56 Å². The fourth-order valence-electron chi connectivity index (χ4n) is 1.70. The van der Waals surface area contributed by atoms with Crippen LogP contribution in [-0.4, -0.2) is 34.0 Å². The predicted octanol–water partition coefficient (Wildman–Crippen LogP) is 1.94. The number of carboxylic acids is 1. The van der Waals surface area contributed by atoms with Crippen LogP contribution in [0.25, 0.3) is 0 Å². The summed E-state index contributed by atoms with van der Waals surface area (Å²) in [6.07, 6.45) is 0.228. The highest BCUT2D eigenvalue weighted by Gasteiger charge is 2.28. The molecule has 1 rings (SSSR count). The van der Waals surface area contributed by atoms with E-state index in [0.29, 0.717) is 0 Å². The minimum atomic E-state index is -0.994. The van der Waals surface area contributed by atoms with E-state index in [1.807, 2.05) is 51.1 Å². The van der Waals surface area contributed by atoms with Gasteiger partial charge in [-0.05, 0) is 26.3 Å². The van der Waals surface area contributed by atoms with Gasteiger partial charge in [-0.3, -0.25) is 9.59 Å². The molecule has 0 spiro atoms. The highest BCUT2D eigenvalue weighted by atomic mass is 16.4. The van der Waals surface area contributed by atoms with Gasteiger partial charge in [-0.2, -0.15) is 0 Å². The average Bonchev–Trinajstić information content (AvgIpc) is 2.25. The molecule has 4 heteroatoms. The van der Waals surface area contributed by atoms with Crippen LogP contribution < -0.4 is 0 Å². The van der Waals surface area contributed by atoms with Crippen molar-refractivity contribution in [2.24, 2.45) is 0 Å². The van der Waals surface area contributed by atoms with Crippen LogP contribution in [0.5, 0.6) is 0 Å². The molecule has 0 aliphatic rings. The van der Waals surface area contributed by atoms with Crippen LogP contribution in [-0.2, 0) is 16.0 Å². The summed E-state index contributed by atoms with van der Waals surface area (Å²) in [6, 6.07) is 9.33. The van der Waals surface area contributed by atoms with Gasteiger partial charge in [-0.15, -0.1) is 0 Å². The van der Waals surface area contributed by atoms with E-state index in [2.05, 4.69) is 0 Å². The summed E-state index contributed by atoms with van der Waals surface area (Å²) in [6.45, 7) is 5.23. The van der Waals surface area contributed by atoms with Crippen molar-refractivity contribution in [1.29, 1.82) is 0 Å². The van der Waals surface area contributed by atoms with Crippen molar-refractivity contribution in [2.45, 2.75) is 32.7 Å². The summed E-state index contributed by atoms with van der Waals surface area (Å²) in [7, 11) is 0. The Kier molecular flexibility index (Phi) is 4.48. The number of hydrogen-bond acceptors (Lipinski definition) is 2. The molecule has 0 radical (unpaired) electrons. The number of rotatable bonds is 4. The number of carbonyl (C=O) groups is 2. The van der Waals surface area contributed by atoms with E-state index in [1.165, 1.54) is 4.90 Å². The summed E-state index contributed by atoms with van der Waals surface area (Å²) in [4.78, 5) is 24.4.